The van der Waals surface area contributed by atoms with Gasteiger partial charge in [0.1, 0.15) is 12.4 Å². The third-order valence-electron chi connectivity index (χ3n) is 4.47. The lowest BCUT2D eigenvalue weighted by Gasteiger charge is -2.13. The molecule has 1 aromatic heterocycles. The zero-order valence-electron chi connectivity index (χ0n) is 15.3. The van der Waals surface area contributed by atoms with Crippen molar-refractivity contribution in [2.24, 2.45) is 0 Å². The Morgan fingerprint density at radius 2 is 1.88 bits per heavy atom. The van der Waals surface area contributed by atoms with Crippen molar-refractivity contribution in [3.05, 3.63) is 87.1 Å². The van der Waals surface area contributed by atoms with Gasteiger partial charge in [0.05, 0.1) is 10.9 Å². The molecule has 0 saturated carbocycles. The van der Waals surface area contributed by atoms with Gasteiger partial charge in [0, 0.05) is 5.56 Å². The van der Waals surface area contributed by atoms with Gasteiger partial charge in [0.25, 0.3) is 5.91 Å². The summed E-state index contributed by atoms with van der Waals surface area (Å²) in [4.78, 5) is 13.2. The minimum absolute atomic E-state index is 0.0274. The van der Waals surface area contributed by atoms with Gasteiger partial charge < -0.3 is 10.1 Å². The molecule has 1 N–H and O–H groups in total. The van der Waals surface area contributed by atoms with Crippen molar-refractivity contribution in [3.8, 4) is 5.75 Å². The van der Waals surface area contributed by atoms with Gasteiger partial charge in [-0.05, 0) is 55.0 Å². The highest BCUT2D eigenvalue weighted by Gasteiger charge is 2.14. The number of ether oxygens (including phenoxy) is 1. The van der Waals surface area contributed by atoms with E-state index in [1.54, 1.807) is 0 Å². The molecule has 1 amide bonds. The van der Waals surface area contributed by atoms with E-state index in [1.165, 1.54) is 16.9 Å². The molecule has 0 aliphatic carbocycles. The molecular weight excluding hydrogens is 342 g/mol. The molecule has 0 fully saturated rings. The van der Waals surface area contributed by atoms with Crippen molar-refractivity contribution in [3.63, 3.8) is 0 Å². The standard InChI is InChI=1S/C22H23NO2S/c1-15-8-7-11-20(16(15)2)25-13-18-12-21(26-14-18)22(24)23-17(3)19-9-5-4-6-10-19/h4-12,14,17H,13H2,1-3H3,(H,23,24). The molecule has 1 atom stereocenters. The molecule has 3 aromatic rings. The summed E-state index contributed by atoms with van der Waals surface area (Å²) in [7, 11) is 0. The highest BCUT2D eigenvalue weighted by molar-refractivity contribution is 7.12. The van der Waals surface area contributed by atoms with Gasteiger partial charge in [-0.15, -0.1) is 11.3 Å². The second kappa shape index (κ2) is 8.19. The lowest BCUT2D eigenvalue weighted by molar-refractivity contribution is 0.0944. The first kappa shape index (κ1) is 18.2. The summed E-state index contributed by atoms with van der Waals surface area (Å²) in [5.74, 6) is 0.837. The molecule has 0 aliphatic heterocycles. The van der Waals surface area contributed by atoms with Crippen LogP contribution < -0.4 is 10.1 Å². The lowest BCUT2D eigenvalue weighted by atomic mass is 10.1. The van der Waals surface area contributed by atoms with Crippen LogP contribution in [0.25, 0.3) is 0 Å². The average molecular weight is 365 g/mol. The van der Waals surface area contributed by atoms with Gasteiger partial charge in [-0.2, -0.15) is 0 Å². The summed E-state index contributed by atoms with van der Waals surface area (Å²) in [6.45, 7) is 6.58. The molecule has 3 nitrogen and oxygen atoms in total. The predicted molar refractivity (Wildman–Crippen MR) is 107 cm³/mol. The van der Waals surface area contributed by atoms with Gasteiger partial charge in [-0.3, -0.25) is 4.79 Å². The van der Waals surface area contributed by atoms with Crippen molar-refractivity contribution in [2.45, 2.75) is 33.4 Å². The van der Waals surface area contributed by atoms with E-state index in [1.807, 2.05) is 60.8 Å². The number of aryl methyl sites for hydroxylation is 1. The highest BCUT2D eigenvalue weighted by Crippen LogP contribution is 2.23. The van der Waals surface area contributed by atoms with E-state index in [0.717, 1.165) is 22.4 Å². The Kier molecular flexibility index (Phi) is 5.74. The minimum Gasteiger partial charge on any atom is -0.489 e. The molecule has 0 bridgehead atoms. The number of rotatable bonds is 6. The molecule has 134 valence electrons. The van der Waals surface area contributed by atoms with E-state index in [0.29, 0.717) is 11.5 Å². The molecule has 0 radical (unpaired) electrons. The predicted octanol–water partition coefficient (Wildman–Crippen LogP) is 5.43. The first-order valence-corrected chi connectivity index (χ1v) is 9.55. The number of nitrogens with one attached hydrogen (secondary N) is 1. The van der Waals surface area contributed by atoms with Crippen LogP contribution in [0.2, 0.25) is 0 Å². The lowest BCUT2D eigenvalue weighted by Crippen LogP contribution is -2.25. The van der Waals surface area contributed by atoms with Crippen LogP contribution >= 0.6 is 11.3 Å². The van der Waals surface area contributed by atoms with Crippen LogP contribution in [0, 0.1) is 13.8 Å². The number of hydrogen-bond acceptors (Lipinski definition) is 3. The highest BCUT2D eigenvalue weighted by atomic mass is 32.1. The monoisotopic (exact) mass is 365 g/mol. The molecule has 0 spiro atoms. The molecular formula is C22H23NO2S. The molecule has 2 aromatic carbocycles. The van der Waals surface area contributed by atoms with Gasteiger partial charge in [0.15, 0.2) is 0 Å². The quantitative estimate of drug-likeness (QED) is 0.632. The van der Waals surface area contributed by atoms with Crippen LogP contribution in [0.1, 0.15) is 44.9 Å². The Bertz CT molecular complexity index is 886. The fourth-order valence-electron chi connectivity index (χ4n) is 2.70. The van der Waals surface area contributed by atoms with E-state index >= 15 is 0 Å². The molecule has 1 heterocycles. The third-order valence-corrected chi connectivity index (χ3v) is 5.45. The SMILES string of the molecule is Cc1cccc(OCc2csc(C(=O)NC(C)c3ccccc3)c2)c1C. The van der Waals surface area contributed by atoms with Crippen LogP contribution in [0.15, 0.2) is 60.0 Å². The number of thiophene rings is 1. The Morgan fingerprint density at radius 3 is 2.65 bits per heavy atom. The van der Waals surface area contributed by atoms with E-state index in [-0.39, 0.29) is 11.9 Å². The molecule has 0 saturated heterocycles. The van der Waals surface area contributed by atoms with Crippen molar-refractivity contribution in [2.75, 3.05) is 0 Å². The van der Waals surface area contributed by atoms with Crippen LogP contribution in [0.4, 0.5) is 0 Å². The Hall–Kier alpha value is -2.59. The second-order valence-electron chi connectivity index (χ2n) is 6.41. The summed E-state index contributed by atoms with van der Waals surface area (Å²) in [5, 5.41) is 5.03. The Morgan fingerprint density at radius 1 is 1.12 bits per heavy atom. The number of amides is 1. The minimum atomic E-state index is -0.0515. The van der Waals surface area contributed by atoms with E-state index in [4.69, 9.17) is 4.74 Å². The third kappa shape index (κ3) is 4.33. The molecule has 4 heteroatoms. The Balaban J connectivity index is 1.60. The maximum Gasteiger partial charge on any atom is 0.261 e. The summed E-state index contributed by atoms with van der Waals surface area (Å²) < 4.78 is 5.92. The number of carbonyl (C=O) groups is 1. The topological polar surface area (TPSA) is 38.3 Å². The summed E-state index contributed by atoms with van der Waals surface area (Å²) in [6, 6.07) is 17.9. The molecule has 3 rings (SSSR count). The zero-order chi connectivity index (χ0) is 18.5. The number of hydrogen-bond donors (Lipinski definition) is 1. The van der Waals surface area contributed by atoms with Crippen LogP contribution in [-0.4, -0.2) is 5.91 Å². The summed E-state index contributed by atoms with van der Waals surface area (Å²) >= 11 is 1.45. The first-order chi connectivity index (χ1) is 12.5. The largest absolute Gasteiger partial charge is 0.489 e. The first-order valence-electron chi connectivity index (χ1n) is 8.67. The summed E-state index contributed by atoms with van der Waals surface area (Å²) in [6.07, 6.45) is 0. The molecule has 1 unspecified atom stereocenters. The normalized spacial score (nSPS) is 11.8. The van der Waals surface area contributed by atoms with Crippen LogP contribution in [0.5, 0.6) is 5.75 Å². The van der Waals surface area contributed by atoms with E-state index in [2.05, 4.69) is 25.2 Å². The van der Waals surface area contributed by atoms with Crippen molar-refractivity contribution >= 4 is 17.2 Å². The van der Waals surface area contributed by atoms with Crippen LogP contribution in [0.3, 0.4) is 0 Å². The summed E-state index contributed by atoms with van der Waals surface area (Å²) in [5.41, 5.74) is 4.46. The average Bonchev–Trinajstić information content (AvgIpc) is 3.13. The zero-order valence-corrected chi connectivity index (χ0v) is 16.1. The maximum absolute atomic E-state index is 12.5. The fourth-order valence-corrected chi connectivity index (χ4v) is 3.50. The number of carbonyl (C=O) groups excluding carboxylic acids is 1. The maximum atomic E-state index is 12.5. The smallest absolute Gasteiger partial charge is 0.261 e. The van der Waals surface area contributed by atoms with E-state index < -0.39 is 0 Å². The molecule has 26 heavy (non-hydrogen) atoms. The molecule has 0 aliphatic rings. The van der Waals surface area contributed by atoms with Crippen molar-refractivity contribution in [1.29, 1.82) is 0 Å². The van der Waals surface area contributed by atoms with Gasteiger partial charge >= 0.3 is 0 Å². The Labute approximate surface area is 158 Å². The van der Waals surface area contributed by atoms with Gasteiger partial charge in [-0.25, -0.2) is 0 Å². The fraction of sp³-hybridized carbons (Fsp3) is 0.227. The van der Waals surface area contributed by atoms with Crippen molar-refractivity contribution < 1.29 is 9.53 Å². The van der Waals surface area contributed by atoms with Gasteiger partial charge in [-0.1, -0.05) is 42.5 Å². The number of benzene rings is 2. The second-order valence-corrected chi connectivity index (χ2v) is 7.32. The van der Waals surface area contributed by atoms with Gasteiger partial charge in [0.2, 0.25) is 0 Å². The van der Waals surface area contributed by atoms with E-state index in [9.17, 15) is 4.79 Å². The van der Waals surface area contributed by atoms with Crippen molar-refractivity contribution in [1.82, 2.24) is 5.32 Å². The van der Waals surface area contributed by atoms with Crippen LogP contribution in [-0.2, 0) is 6.61 Å².